The smallest absolute Gasteiger partial charge is 0.261 e. The molecular weight excluding hydrogens is 501 g/mol. The van der Waals surface area contributed by atoms with Crippen LogP contribution in [0.15, 0.2) is 61.1 Å². The second-order valence-corrected chi connectivity index (χ2v) is 10.5. The molecule has 1 amide bonds. The van der Waals surface area contributed by atoms with Crippen LogP contribution in [0.2, 0.25) is 0 Å². The maximum absolute atomic E-state index is 13.5. The molecule has 2 fully saturated rings. The van der Waals surface area contributed by atoms with E-state index in [1.54, 1.807) is 41.7 Å². The summed E-state index contributed by atoms with van der Waals surface area (Å²) in [6, 6.07) is 11.6. The molecule has 10 nitrogen and oxygen atoms in total. The first-order valence-electron chi connectivity index (χ1n) is 12.7. The normalized spacial score (nSPS) is 20.0. The summed E-state index contributed by atoms with van der Waals surface area (Å²) in [5.74, 6) is 0.949. The minimum atomic E-state index is -0.618. The highest BCUT2D eigenvalue weighted by Crippen LogP contribution is 2.48. The molecule has 1 aliphatic heterocycles. The topological polar surface area (TPSA) is 121 Å². The summed E-state index contributed by atoms with van der Waals surface area (Å²) in [6.45, 7) is 4.93. The highest BCUT2D eigenvalue weighted by Gasteiger charge is 2.59. The van der Waals surface area contributed by atoms with E-state index < -0.39 is 5.54 Å². The van der Waals surface area contributed by atoms with Gasteiger partial charge in [-0.3, -0.25) is 4.79 Å². The Morgan fingerprint density at radius 2 is 1.79 bits per heavy atom. The molecule has 11 heteroatoms. The molecule has 1 aromatic carbocycles. The van der Waals surface area contributed by atoms with E-state index in [0.29, 0.717) is 36.2 Å². The number of benzene rings is 1. The van der Waals surface area contributed by atoms with Crippen LogP contribution >= 0.6 is 0 Å². The van der Waals surface area contributed by atoms with Crippen LogP contribution in [0, 0.1) is 17.7 Å². The van der Waals surface area contributed by atoms with Gasteiger partial charge in [0, 0.05) is 54.5 Å². The Hall–Kier alpha value is -4.38. The largest absolute Gasteiger partial charge is 0.479 e. The van der Waals surface area contributed by atoms with Crippen molar-refractivity contribution in [2.24, 2.45) is 17.6 Å². The van der Waals surface area contributed by atoms with E-state index in [4.69, 9.17) is 20.2 Å². The molecule has 2 aliphatic rings. The van der Waals surface area contributed by atoms with Gasteiger partial charge in [-0.15, -0.1) is 5.10 Å². The predicted molar refractivity (Wildman–Crippen MR) is 140 cm³/mol. The lowest BCUT2D eigenvalue weighted by Crippen LogP contribution is -2.33. The van der Waals surface area contributed by atoms with Crippen LogP contribution in [0.25, 0.3) is 17.2 Å². The van der Waals surface area contributed by atoms with Crippen LogP contribution in [-0.4, -0.2) is 61.8 Å². The fourth-order valence-corrected chi connectivity index (χ4v) is 5.00. The van der Waals surface area contributed by atoms with E-state index in [9.17, 15) is 9.18 Å². The molecule has 39 heavy (non-hydrogen) atoms. The first-order valence-corrected chi connectivity index (χ1v) is 12.7. The summed E-state index contributed by atoms with van der Waals surface area (Å²) in [5, 5.41) is 4.32. The predicted octanol–water partition coefficient (Wildman–Crippen LogP) is 3.22. The molecule has 4 aromatic rings. The second-order valence-electron chi connectivity index (χ2n) is 10.5. The molecule has 1 saturated heterocycles. The van der Waals surface area contributed by atoms with Gasteiger partial charge in [-0.25, -0.2) is 24.0 Å². The lowest BCUT2D eigenvalue weighted by molar-refractivity contribution is 0.0748. The summed E-state index contributed by atoms with van der Waals surface area (Å²) in [6.07, 6.45) is 4.75. The lowest BCUT2D eigenvalue weighted by Gasteiger charge is -2.22. The number of hydrogen-bond acceptors (Lipinski definition) is 8. The molecule has 4 heterocycles. The number of nitrogens with zero attached hydrogens (tertiary/aromatic N) is 6. The third kappa shape index (κ3) is 4.81. The SMILES string of the molecule is COc1nn(-c2ncccn2)cc1C(=O)N1C[C@@H]2C(Oc3cc(C(C)(C)N)cc(-c4ccc(F)cc4)n3)[C@@H]2C1. The number of rotatable bonds is 7. The van der Waals surface area contributed by atoms with Crippen LogP contribution in [0.4, 0.5) is 4.39 Å². The average molecular weight is 530 g/mol. The zero-order chi connectivity index (χ0) is 27.3. The van der Waals surface area contributed by atoms with Crippen LogP contribution in [0.3, 0.4) is 0 Å². The number of halogens is 1. The van der Waals surface area contributed by atoms with Gasteiger partial charge in [0.05, 0.1) is 19.0 Å². The van der Waals surface area contributed by atoms with Crippen molar-refractivity contribution in [3.8, 4) is 29.0 Å². The second kappa shape index (κ2) is 9.42. The zero-order valence-corrected chi connectivity index (χ0v) is 21.8. The number of carbonyl (C=O) groups is 1. The highest BCUT2D eigenvalue weighted by atomic mass is 19.1. The van der Waals surface area contributed by atoms with E-state index in [-0.39, 0.29) is 35.5 Å². The first kappa shape index (κ1) is 24.9. The van der Waals surface area contributed by atoms with Gasteiger partial charge < -0.3 is 20.1 Å². The minimum Gasteiger partial charge on any atom is -0.479 e. The van der Waals surface area contributed by atoms with Gasteiger partial charge in [-0.05, 0) is 55.8 Å². The van der Waals surface area contributed by atoms with Gasteiger partial charge >= 0.3 is 0 Å². The Balaban J connectivity index is 1.17. The fourth-order valence-electron chi connectivity index (χ4n) is 5.00. The Bertz CT molecular complexity index is 1510. The Morgan fingerprint density at radius 3 is 2.44 bits per heavy atom. The number of likely N-dealkylation sites (tertiary alicyclic amines) is 1. The molecule has 6 rings (SSSR count). The number of aromatic nitrogens is 5. The molecule has 200 valence electrons. The van der Waals surface area contributed by atoms with Crippen molar-refractivity contribution >= 4 is 5.91 Å². The van der Waals surface area contributed by atoms with E-state index in [0.717, 1.165) is 11.1 Å². The van der Waals surface area contributed by atoms with E-state index in [1.807, 2.05) is 26.0 Å². The number of nitrogens with two attached hydrogens (primary N) is 1. The number of ether oxygens (including phenoxy) is 2. The molecule has 0 radical (unpaired) electrons. The molecule has 0 bridgehead atoms. The van der Waals surface area contributed by atoms with Crippen LogP contribution in [0.5, 0.6) is 11.8 Å². The van der Waals surface area contributed by atoms with Crippen molar-refractivity contribution in [1.82, 2.24) is 29.6 Å². The van der Waals surface area contributed by atoms with Crippen molar-refractivity contribution in [2.75, 3.05) is 20.2 Å². The number of pyridine rings is 1. The minimum absolute atomic E-state index is 0.0545. The molecule has 0 spiro atoms. The zero-order valence-electron chi connectivity index (χ0n) is 21.8. The van der Waals surface area contributed by atoms with Crippen molar-refractivity contribution in [3.05, 3.63) is 78.0 Å². The number of amides is 1. The molecule has 1 saturated carbocycles. The van der Waals surface area contributed by atoms with Crippen molar-refractivity contribution in [3.63, 3.8) is 0 Å². The third-order valence-corrected chi connectivity index (χ3v) is 7.21. The third-order valence-electron chi connectivity index (χ3n) is 7.21. The number of hydrogen-bond donors (Lipinski definition) is 1. The quantitative estimate of drug-likeness (QED) is 0.387. The van der Waals surface area contributed by atoms with Crippen LogP contribution in [-0.2, 0) is 5.54 Å². The number of methoxy groups -OCH3 is 1. The van der Waals surface area contributed by atoms with Crippen LogP contribution < -0.4 is 15.2 Å². The van der Waals surface area contributed by atoms with Gasteiger partial charge in [0.1, 0.15) is 17.5 Å². The Morgan fingerprint density at radius 1 is 1.10 bits per heavy atom. The Kier molecular flexibility index (Phi) is 6.02. The summed E-state index contributed by atoms with van der Waals surface area (Å²) in [4.78, 5) is 28.2. The fraction of sp³-hybridized carbons (Fsp3) is 0.321. The molecule has 1 aliphatic carbocycles. The molecule has 2 N–H and O–H groups in total. The monoisotopic (exact) mass is 529 g/mol. The summed E-state index contributed by atoms with van der Waals surface area (Å²) >= 11 is 0. The van der Waals surface area contributed by atoms with Crippen molar-refractivity contribution in [2.45, 2.75) is 25.5 Å². The highest BCUT2D eigenvalue weighted by molar-refractivity contribution is 5.96. The summed E-state index contributed by atoms with van der Waals surface area (Å²) < 4.78 is 26.6. The number of fused-ring (bicyclic) bond motifs is 1. The van der Waals surface area contributed by atoms with Gasteiger partial charge in [0.25, 0.3) is 11.9 Å². The summed E-state index contributed by atoms with van der Waals surface area (Å²) in [5.41, 5.74) is 8.43. The van der Waals surface area contributed by atoms with Crippen LogP contribution in [0.1, 0.15) is 29.8 Å². The maximum Gasteiger partial charge on any atom is 0.261 e. The molecular formula is C28H28FN7O3. The van der Waals surface area contributed by atoms with E-state index in [2.05, 4.69) is 15.1 Å². The average Bonchev–Trinajstić information content (AvgIpc) is 3.28. The van der Waals surface area contributed by atoms with Gasteiger partial charge in [0.2, 0.25) is 11.8 Å². The van der Waals surface area contributed by atoms with E-state index >= 15 is 0 Å². The van der Waals surface area contributed by atoms with Crippen molar-refractivity contribution in [1.29, 1.82) is 0 Å². The molecule has 3 atom stereocenters. The lowest BCUT2D eigenvalue weighted by atomic mass is 9.95. The summed E-state index contributed by atoms with van der Waals surface area (Å²) in [7, 11) is 1.48. The number of piperidine rings is 1. The van der Waals surface area contributed by atoms with Gasteiger partial charge in [-0.1, -0.05) is 0 Å². The molecule has 3 aromatic heterocycles. The maximum atomic E-state index is 13.5. The first-order chi connectivity index (χ1) is 18.7. The number of carbonyl (C=O) groups excluding carboxylic acids is 1. The molecule has 1 unspecified atom stereocenters. The van der Waals surface area contributed by atoms with Gasteiger partial charge in [-0.2, -0.15) is 0 Å². The van der Waals surface area contributed by atoms with Crippen molar-refractivity contribution < 1.29 is 18.7 Å². The Labute approximate surface area is 224 Å². The standard InChI is InChI=1S/C28H28FN7O3/c1-28(2,30)17-11-22(16-5-7-18(29)8-6-16)33-23(12-17)39-24-19-13-35(14-20(19)24)26(37)21-15-36(34-25(21)38-3)27-31-9-4-10-32-27/h4-12,15,19-20,24H,13-14,30H2,1-3H3/t19-,20+,24?. The van der Waals surface area contributed by atoms with E-state index in [1.165, 1.54) is 23.9 Å². The van der Waals surface area contributed by atoms with Gasteiger partial charge in [0.15, 0.2) is 0 Å².